The van der Waals surface area contributed by atoms with Gasteiger partial charge in [-0.25, -0.2) is 0 Å². The Morgan fingerprint density at radius 3 is 0.667 bits per heavy atom. The van der Waals surface area contributed by atoms with Crippen LogP contribution in [0.1, 0.15) is 23.7 Å². The molecule has 0 aromatic carbocycles. The summed E-state index contributed by atoms with van der Waals surface area (Å²) in [6.07, 6.45) is 7.50. The van der Waals surface area contributed by atoms with Crippen LogP contribution in [-0.2, 0) is 0 Å². The van der Waals surface area contributed by atoms with E-state index < -0.39 is 0 Å². The van der Waals surface area contributed by atoms with Crippen molar-refractivity contribution in [2.24, 2.45) is 0 Å². The summed E-state index contributed by atoms with van der Waals surface area (Å²) >= 11 is 0. The Hall–Kier alpha value is 0.180. The fraction of sp³-hybridized carbons (Fsp3) is 1.00. The Balaban J connectivity index is -0.000000000500. The molecule has 0 aliphatic carbocycles. The first-order valence-electron chi connectivity index (χ1n) is 1.15. The van der Waals surface area contributed by atoms with Crippen LogP contribution in [0.15, 0.2) is 0 Å². The molecule has 6 heteroatoms. The van der Waals surface area contributed by atoms with Gasteiger partial charge in [0.1, 0.15) is 2.82 Å². The molecule has 0 aliphatic heterocycles. The van der Waals surface area contributed by atoms with Gasteiger partial charge in [-0.3, -0.25) is 0 Å². The van der Waals surface area contributed by atoms with Crippen LogP contribution in [0.3, 0.4) is 0 Å². The summed E-state index contributed by atoms with van der Waals surface area (Å²) in [7, 11) is 0. The van der Waals surface area contributed by atoms with E-state index in [-0.39, 0.29) is 57.4 Å². The summed E-state index contributed by atoms with van der Waals surface area (Å²) in [5.74, 6) is 0. The first-order chi connectivity index (χ1) is 2.00. The smallest absolute Gasteiger partial charge is 0.115 e. The van der Waals surface area contributed by atoms with Crippen molar-refractivity contribution in [2.45, 2.75) is 22.3 Å². The molecule has 9 heavy (non-hydrogen) atoms. The summed E-state index contributed by atoms with van der Waals surface area (Å²) in [6, 6.07) is 0. The number of rotatable bonds is 0. The van der Waals surface area contributed by atoms with Gasteiger partial charge in [0, 0.05) is 35.1 Å². The van der Waals surface area contributed by atoms with Gasteiger partial charge >= 0.3 is 0 Å². The molecule has 0 rings (SSSR count). The molecule has 0 aromatic heterocycles. The Morgan fingerprint density at radius 1 is 0.667 bits per heavy atom. The van der Waals surface area contributed by atoms with Crippen LogP contribution in [0, 0.1) is 0 Å². The van der Waals surface area contributed by atoms with Crippen molar-refractivity contribution in [3.8, 4) is 0 Å². The van der Waals surface area contributed by atoms with Crippen molar-refractivity contribution >= 4 is 33.7 Å². The minimum atomic E-state index is 0. The van der Waals surface area contributed by atoms with E-state index in [2.05, 4.69) is 12.3 Å². The molecule has 0 bridgehead atoms. The Kier molecular flexibility index (Phi) is 187000. The zero-order valence-electron chi connectivity index (χ0n) is 5.46. The molecule has 0 aromatic rings. The second-order valence-corrected chi connectivity index (χ2v) is 0. The Bertz CT molecular complexity index is 23.5. The van der Waals surface area contributed by atoms with Crippen LogP contribution in [0.4, 0.5) is 0 Å². The van der Waals surface area contributed by atoms with E-state index in [1.165, 1.54) is 0 Å². The molecule has 6 N–H and O–H groups in total. The topological polar surface area (TPSA) is 70.0 Å². The molecule has 0 aliphatic rings. The van der Waals surface area contributed by atoms with Crippen LogP contribution in [0.5, 0.6) is 0 Å². The van der Waals surface area contributed by atoms with Gasteiger partial charge < -0.3 is 12.3 Å². The fourth-order valence-electron chi connectivity index (χ4n) is 0. The minimum absolute atomic E-state index is 0. The summed E-state index contributed by atoms with van der Waals surface area (Å²) in [5.41, 5.74) is 0. The molecule has 0 atom stereocenters. The summed E-state index contributed by atoms with van der Waals surface area (Å²) in [6.45, 7) is 0. The molecular weight excluding hydrogens is 107 g/mol. The highest BCUT2D eigenvalue weighted by Crippen LogP contribution is 0.146. The minimum Gasteiger partial charge on any atom is -0.344 e. The van der Waals surface area contributed by atoms with Crippen molar-refractivity contribution in [3.63, 3.8) is 0 Å². The van der Waals surface area contributed by atoms with Crippen LogP contribution < -0.4 is 12.3 Å². The molecule has 0 spiro atoms. The summed E-state index contributed by atoms with van der Waals surface area (Å²) in [5, 5.41) is 0. The lowest BCUT2D eigenvalue weighted by Crippen LogP contribution is -0.482. The zero-order chi connectivity index (χ0) is 4.00. The Morgan fingerprint density at radius 2 is 0.667 bits per heavy atom. The van der Waals surface area contributed by atoms with E-state index in [9.17, 15) is 0 Å². The maximum Gasteiger partial charge on any atom is 0.115 e. The van der Waals surface area contributed by atoms with Crippen molar-refractivity contribution < 1.29 is 4.25 Å². The van der Waals surface area contributed by atoms with E-state index in [0.29, 0.717) is 0 Å². The van der Waals surface area contributed by atoms with E-state index in [4.69, 9.17) is 2.82 Å². The van der Waals surface area contributed by atoms with Crippen molar-refractivity contribution in [1.82, 2.24) is 12.3 Å². The highest BCUT2D eigenvalue weighted by molar-refractivity contribution is 5.76. The van der Waals surface area contributed by atoms with E-state index >= 15 is 0 Å². The van der Waals surface area contributed by atoms with Gasteiger partial charge in [0.2, 0.25) is 0 Å². The largest absolute Gasteiger partial charge is 0.344 e. The molecule has 0 saturated heterocycles. The van der Waals surface area contributed by atoms with Gasteiger partial charge in [0.25, 0.3) is 0 Å². The summed E-state index contributed by atoms with van der Waals surface area (Å²) < 4.78 is 10.5. The quantitative estimate of drug-likeness (QED) is 0.482. The number of hydrogen-bond donors (Lipinski definition) is 2. The van der Waals surface area contributed by atoms with Crippen LogP contribution in [0.25, 0.3) is 0 Å². The predicted octanol–water partition coefficient (Wildman–Crippen LogP) is 0.955. The molecule has 0 amide bonds. The molecule has 0 fully saturated rings. The van der Waals surface area contributed by atoms with Crippen molar-refractivity contribution in [2.75, 3.05) is 0 Å². The average molecular weight is 132 g/mol. The lowest BCUT2D eigenvalue weighted by molar-refractivity contribution is 2.13. The normalized spacial score (nSPS) is 1.56. The third kappa shape index (κ3) is 9670. The van der Waals surface area contributed by atoms with Crippen LogP contribution in [0.2, 0.25) is 2.82 Å². The molecule has 0 heterocycles. The van der Waals surface area contributed by atoms with Gasteiger partial charge in [0.05, 0.1) is 0 Å². The lowest BCUT2D eigenvalue weighted by atomic mass is 10.8. The molecule has 0 unspecified atom stereocenters. The Labute approximate surface area is 73.5 Å². The second-order valence-electron chi connectivity index (χ2n) is 0. The van der Waals surface area contributed by atoms with E-state index in [0.717, 1.165) is 0 Å². The summed E-state index contributed by atoms with van der Waals surface area (Å²) in [4.78, 5) is 0. The fourth-order valence-corrected chi connectivity index (χ4v) is 0. The van der Waals surface area contributed by atoms with Crippen molar-refractivity contribution in [1.29, 1.82) is 0 Å². The van der Waals surface area contributed by atoms with Crippen molar-refractivity contribution in [3.05, 3.63) is 0 Å². The maximum absolute atomic E-state index is 5.25. The maximum atomic E-state index is 5.25. The average Bonchev–Trinajstić information content (AvgIpc) is 1.50. The predicted molar refractivity (Wildman–Crippen MR) is 55.4 cm³/mol. The third-order valence-corrected chi connectivity index (χ3v) is 0. The lowest BCUT2D eigenvalue weighted by Gasteiger charge is -0.345. The monoisotopic (exact) mass is 133 g/mol. The highest BCUT2D eigenvalue weighted by atomic mass is 14.0. The van der Waals surface area contributed by atoms with Gasteiger partial charge in [-0.05, 0) is 0 Å². The first kappa shape index (κ1) is 129. The number of hydrogen-bond acceptors (Lipinski definition) is 2. The van der Waals surface area contributed by atoms with E-state index in [1.54, 1.807) is 0 Å². The molecule has 2 nitrogen and oxygen atoms in total. The van der Waals surface area contributed by atoms with Gasteiger partial charge in [0.15, 0.2) is 0 Å². The highest BCUT2D eigenvalue weighted by Gasteiger charge is 0.00318. The van der Waals surface area contributed by atoms with Gasteiger partial charge in [-0.15, -0.1) is 0 Å². The third-order valence-electron chi connectivity index (χ3n) is 0. The molecule has 12 radical (unpaired) electrons. The van der Waals surface area contributed by atoms with E-state index in [1.807, 2.05) is 0 Å². The first-order valence-corrected chi connectivity index (χ1v) is 0. The SMILES string of the molecule is C.C.C.[2HH].[3H]N.[3H]N.[B].[B].[B].[B]. The standard InChI is InChI=1S/3CH4.4B.2H3N.H2/h3*1H4;;;;;2*1H3;1H/i;;;;;;;;;1+1/hT2. The molecule has 54 valence electrons. The second kappa shape index (κ2) is 13100. The van der Waals surface area contributed by atoms with Gasteiger partial charge in [-0.1, -0.05) is 22.3 Å². The zero-order valence-corrected chi connectivity index (χ0v) is 3.46. The van der Waals surface area contributed by atoms with Gasteiger partial charge in [-0.2, -0.15) is 0 Å². The molecule has 0 saturated carbocycles. The van der Waals surface area contributed by atoms with Crippen LogP contribution in [-0.4, -0.2) is 33.7 Å². The van der Waals surface area contributed by atoms with Crippen LogP contribution >= 0.6 is 0 Å². The molecular formula is C3H20B4N2.